The zero-order valence-electron chi connectivity index (χ0n) is 19.8. The molecule has 1 aliphatic rings. The van der Waals surface area contributed by atoms with Crippen LogP contribution < -0.4 is 10.6 Å². The number of aliphatic carboxylic acids is 2. The van der Waals surface area contributed by atoms with E-state index < -0.39 is 29.9 Å². The van der Waals surface area contributed by atoms with Gasteiger partial charge in [0.25, 0.3) is 5.91 Å². The summed E-state index contributed by atoms with van der Waals surface area (Å²) in [5.74, 6) is -2.42. The molecule has 0 saturated heterocycles. The van der Waals surface area contributed by atoms with Crippen molar-refractivity contribution in [1.82, 2.24) is 10.6 Å². The molecule has 2 unspecified atom stereocenters. The summed E-state index contributed by atoms with van der Waals surface area (Å²) in [5.41, 5.74) is 4.87. The Kier molecular flexibility index (Phi) is 8.75. The highest BCUT2D eigenvalue weighted by molar-refractivity contribution is 5.99. The fraction of sp³-hybridized carbons (Fsp3) is 0.250. The molecule has 7 nitrogen and oxygen atoms in total. The van der Waals surface area contributed by atoms with Gasteiger partial charge in [0.2, 0.25) is 0 Å². The van der Waals surface area contributed by atoms with E-state index in [9.17, 15) is 19.5 Å². The smallest absolute Gasteiger partial charge is 0.326 e. The second-order valence-corrected chi connectivity index (χ2v) is 8.50. The first kappa shape index (κ1) is 25.6. The Hall–Kier alpha value is -3.97. The molecule has 0 radical (unpaired) electrons. The zero-order chi connectivity index (χ0) is 25.4. The minimum atomic E-state index is -1.10. The topological polar surface area (TPSA) is 116 Å². The molecule has 2 aromatic carbocycles. The Balaban J connectivity index is 1.72. The molecule has 1 amide bonds. The van der Waals surface area contributed by atoms with Gasteiger partial charge >= 0.3 is 11.9 Å². The third-order valence-electron chi connectivity index (χ3n) is 5.89. The Morgan fingerprint density at radius 1 is 0.943 bits per heavy atom. The van der Waals surface area contributed by atoms with Crippen molar-refractivity contribution in [2.24, 2.45) is 0 Å². The van der Waals surface area contributed by atoms with Crippen LogP contribution in [0.1, 0.15) is 31.4 Å². The molecule has 0 heterocycles. The second-order valence-electron chi connectivity index (χ2n) is 8.50. The van der Waals surface area contributed by atoms with Crippen LogP contribution in [0.2, 0.25) is 0 Å². The second kappa shape index (κ2) is 11.9. The number of amides is 1. The molecule has 0 aromatic heterocycles. The fourth-order valence-corrected chi connectivity index (χ4v) is 3.78. The van der Waals surface area contributed by atoms with Crippen LogP contribution in [0.3, 0.4) is 0 Å². The van der Waals surface area contributed by atoms with Crippen LogP contribution in [0.5, 0.6) is 0 Å². The highest BCUT2D eigenvalue weighted by Gasteiger charge is 2.22. The molecule has 35 heavy (non-hydrogen) atoms. The standard InChI is InChI=1S/C28H30N2O5/c1-18-8-4-3-5-10-23(18)26(31)30-25(28(34)35)16-20-12-14-21(15-13-20)24-11-7-6-9-22(24)17-29-19(2)27(32)33/h4-15,19,25,29H,3,16-17H2,1-2H3,(H,30,31)(H,32,33)(H,34,35). The van der Waals surface area contributed by atoms with Crippen molar-refractivity contribution < 1.29 is 24.6 Å². The number of hydrogen-bond acceptors (Lipinski definition) is 4. The lowest BCUT2D eigenvalue weighted by atomic mass is 9.97. The molecule has 182 valence electrons. The number of benzene rings is 2. The van der Waals surface area contributed by atoms with E-state index in [1.54, 1.807) is 13.0 Å². The Morgan fingerprint density at radius 3 is 2.31 bits per heavy atom. The van der Waals surface area contributed by atoms with Crippen LogP contribution in [0.4, 0.5) is 0 Å². The van der Waals surface area contributed by atoms with Crippen molar-refractivity contribution in [3.63, 3.8) is 0 Å². The molecule has 0 fully saturated rings. The molecular formula is C28H30N2O5. The maximum absolute atomic E-state index is 12.7. The SMILES string of the molecule is CC1=C(C(=O)NC(Cc2ccc(-c3ccccc3CNC(C)C(=O)O)cc2)C(=O)O)C=CCC=C1. The molecule has 3 rings (SSSR count). The number of carboxylic acid groups (broad SMARTS) is 2. The number of nitrogens with one attached hydrogen (secondary N) is 2. The van der Waals surface area contributed by atoms with Crippen LogP contribution >= 0.6 is 0 Å². The van der Waals surface area contributed by atoms with Crippen molar-refractivity contribution in [2.45, 2.75) is 45.3 Å². The van der Waals surface area contributed by atoms with Gasteiger partial charge < -0.3 is 20.8 Å². The van der Waals surface area contributed by atoms with Gasteiger partial charge in [-0.2, -0.15) is 0 Å². The van der Waals surface area contributed by atoms with Crippen LogP contribution in [-0.2, 0) is 27.3 Å². The normalized spacial score (nSPS) is 14.8. The molecule has 1 aliphatic carbocycles. The molecule has 0 spiro atoms. The molecule has 0 saturated carbocycles. The van der Waals surface area contributed by atoms with Crippen LogP contribution in [0.25, 0.3) is 11.1 Å². The molecule has 4 N–H and O–H groups in total. The lowest BCUT2D eigenvalue weighted by Crippen LogP contribution is -2.42. The summed E-state index contributed by atoms with van der Waals surface area (Å²) in [5, 5.41) is 24.4. The summed E-state index contributed by atoms with van der Waals surface area (Å²) in [6, 6.07) is 13.5. The molecule has 0 aliphatic heterocycles. The largest absolute Gasteiger partial charge is 0.480 e. The Bertz CT molecular complexity index is 1180. The quantitative estimate of drug-likeness (QED) is 0.416. The lowest BCUT2D eigenvalue weighted by molar-refractivity contribution is -0.141. The summed E-state index contributed by atoms with van der Waals surface area (Å²) in [7, 11) is 0. The van der Waals surface area contributed by atoms with Gasteiger partial charge in [0.15, 0.2) is 0 Å². The maximum Gasteiger partial charge on any atom is 0.326 e. The summed E-state index contributed by atoms with van der Waals surface area (Å²) >= 11 is 0. The number of allylic oxidation sites excluding steroid dienone is 4. The minimum Gasteiger partial charge on any atom is -0.480 e. The summed E-state index contributed by atoms with van der Waals surface area (Å²) < 4.78 is 0. The molecule has 0 bridgehead atoms. The van der Waals surface area contributed by atoms with E-state index in [1.807, 2.05) is 73.7 Å². The van der Waals surface area contributed by atoms with E-state index in [4.69, 9.17) is 5.11 Å². The van der Waals surface area contributed by atoms with Gasteiger partial charge in [0.05, 0.1) is 0 Å². The van der Waals surface area contributed by atoms with Gasteiger partial charge in [-0.1, -0.05) is 72.8 Å². The first-order valence-corrected chi connectivity index (χ1v) is 11.5. The number of carbonyl (C=O) groups excluding carboxylic acids is 1. The van der Waals surface area contributed by atoms with Crippen LogP contribution in [0.15, 0.2) is 84.0 Å². The first-order valence-electron chi connectivity index (χ1n) is 11.5. The monoisotopic (exact) mass is 474 g/mol. The number of rotatable bonds is 10. The first-order chi connectivity index (χ1) is 16.8. The summed E-state index contributed by atoms with van der Waals surface area (Å²) in [6.07, 6.45) is 8.27. The predicted molar refractivity (Wildman–Crippen MR) is 135 cm³/mol. The van der Waals surface area contributed by atoms with Gasteiger partial charge in [-0.25, -0.2) is 4.79 Å². The van der Waals surface area contributed by atoms with E-state index in [2.05, 4.69) is 10.6 Å². The Morgan fingerprint density at radius 2 is 1.63 bits per heavy atom. The molecule has 7 heteroatoms. The van der Waals surface area contributed by atoms with E-state index in [0.29, 0.717) is 12.1 Å². The Labute approximate surface area is 204 Å². The van der Waals surface area contributed by atoms with Crippen molar-refractivity contribution in [2.75, 3.05) is 0 Å². The van der Waals surface area contributed by atoms with Crippen molar-refractivity contribution in [3.05, 3.63) is 95.1 Å². The van der Waals surface area contributed by atoms with E-state index in [1.165, 1.54) is 0 Å². The highest BCUT2D eigenvalue weighted by atomic mass is 16.4. The maximum atomic E-state index is 12.7. The van der Waals surface area contributed by atoms with Crippen molar-refractivity contribution in [1.29, 1.82) is 0 Å². The van der Waals surface area contributed by atoms with Crippen molar-refractivity contribution in [3.8, 4) is 11.1 Å². The third-order valence-corrected chi connectivity index (χ3v) is 5.89. The fourth-order valence-electron chi connectivity index (χ4n) is 3.78. The number of carbonyl (C=O) groups is 3. The molecular weight excluding hydrogens is 444 g/mol. The highest BCUT2D eigenvalue weighted by Crippen LogP contribution is 2.24. The van der Waals surface area contributed by atoms with E-state index in [-0.39, 0.29) is 6.42 Å². The average Bonchev–Trinajstić information content (AvgIpc) is 3.06. The number of carboxylic acids is 2. The van der Waals surface area contributed by atoms with Crippen LogP contribution in [-0.4, -0.2) is 40.1 Å². The molecule has 2 atom stereocenters. The summed E-state index contributed by atoms with van der Waals surface area (Å²) in [4.78, 5) is 35.7. The third kappa shape index (κ3) is 7.01. The van der Waals surface area contributed by atoms with Crippen LogP contribution in [0, 0.1) is 0 Å². The van der Waals surface area contributed by atoms with Gasteiger partial charge in [0, 0.05) is 18.5 Å². The predicted octanol–water partition coefficient (Wildman–Crippen LogP) is 3.86. The van der Waals surface area contributed by atoms with Gasteiger partial charge in [0.1, 0.15) is 12.1 Å². The zero-order valence-corrected chi connectivity index (χ0v) is 19.8. The van der Waals surface area contributed by atoms with Gasteiger partial charge in [-0.15, -0.1) is 0 Å². The van der Waals surface area contributed by atoms with Crippen molar-refractivity contribution >= 4 is 17.8 Å². The summed E-state index contributed by atoms with van der Waals surface area (Å²) in [6.45, 7) is 3.82. The van der Waals surface area contributed by atoms with E-state index >= 15 is 0 Å². The minimum absolute atomic E-state index is 0.145. The van der Waals surface area contributed by atoms with E-state index in [0.717, 1.165) is 34.2 Å². The number of hydrogen-bond donors (Lipinski definition) is 4. The van der Waals surface area contributed by atoms with Gasteiger partial charge in [-0.3, -0.25) is 9.59 Å². The van der Waals surface area contributed by atoms with Gasteiger partial charge in [-0.05, 0) is 48.1 Å². The molecule has 2 aromatic rings. The lowest BCUT2D eigenvalue weighted by Gasteiger charge is -2.16. The average molecular weight is 475 g/mol.